The number of carbonyl (C=O) groups is 2. The molecule has 31 heavy (non-hydrogen) atoms. The molecule has 1 heterocycles. The lowest BCUT2D eigenvalue weighted by Crippen LogP contribution is -2.52. The first-order chi connectivity index (χ1) is 14.1. The third-order valence-corrected chi connectivity index (χ3v) is 6.46. The van der Waals surface area contributed by atoms with E-state index in [0.29, 0.717) is 11.8 Å². The Balaban J connectivity index is 2.01. The van der Waals surface area contributed by atoms with E-state index < -0.39 is 18.8 Å². The second kappa shape index (κ2) is 9.69. The highest BCUT2D eigenvalue weighted by Crippen LogP contribution is 2.51. The van der Waals surface area contributed by atoms with Crippen LogP contribution in [0.15, 0.2) is 0 Å². The average Bonchev–Trinajstić information content (AvgIpc) is 2.91. The van der Waals surface area contributed by atoms with E-state index in [-0.39, 0.29) is 35.5 Å². The van der Waals surface area contributed by atoms with Gasteiger partial charge >= 0.3 is 13.2 Å². The van der Waals surface area contributed by atoms with Gasteiger partial charge in [0.25, 0.3) is 0 Å². The Bertz CT molecular complexity index is 648. The van der Waals surface area contributed by atoms with Gasteiger partial charge in [0.1, 0.15) is 5.60 Å². The van der Waals surface area contributed by atoms with E-state index in [1.807, 2.05) is 0 Å². The molecule has 4 atom stereocenters. The van der Waals surface area contributed by atoms with Gasteiger partial charge in [-0.3, -0.25) is 4.79 Å². The summed E-state index contributed by atoms with van der Waals surface area (Å²) in [5, 5.41) is 5.54. The van der Waals surface area contributed by atoms with Gasteiger partial charge in [-0.15, -0.1) is 0 Å². The number of alkyl carbamates (subject to hydrolysis) is 1. The van der Waals surface area contributed by atoms with Crippen LogP contribution in [0.4, 0.5) is 4.79 Å². The van der Waals surface area contributed by atoms with Gasteiger partial charge in [-0.1, -0.05) is 41.0 Å². The minimum atomic E-state index is -0.609. The molecular weight excluding hydrogens is 395 g/mol. The maximum absolute atomic E-state index is 12.6. The Hall–Kier alpha value is -1.28. The summed E-state index contributed by atoms with van der Waals surface area (Å²) in [6, 6.07) is 0. The lowest BCUT2D eigenvalue weighted by atomic mass is 9.62. The van der Waals surface area contributed by atoms with Gasteiger partial charge in [-0.05, 0) is 64.2 Å². The van der Waals surface area contributed by atoms with Crippen LogP contribution in [0.3, 0.4) is 0 Å². The van der Waals surface area contributed by atoms with Crippen molar-refractivity contribution < 1.29 is 23.6 Å². The van der Waals surface area contributed by atoms with Crippen LogP contribution in [0, 0.1) is 17.3 Å². The van der Waals surface area contributed by atoms with Crippen LogP contribution >= 0.6 is 0 Å². The summed E-state index contributed by atoms with van der Waals surface area (Å²) in [4.78, 5) is 24.4. The van der Waals surface area contributed by atoms with Crippen molar-refractivity contribution >= 4 is 19.1 Å². The molecule has 1 saturated heterocycles. The van der Waals surface area contributed by atoms with Crippen molar-refractivity contribution in [3.8, 4) is 0 Å². The second-order valence-electron chi connectivity index (χ2n) is 11.6. The number of ether oxygens (including phenoxy) is 1. The molecule has 1 aliphatic carbocycles. The summed E-state index contributed by atoms with van der Waals surface area (Å²) in [6.45, 7) is 18.4. The molecule has 3 unspecified atom stereocenters. The molecule has 0 radical (unpaired) electrons. The van der Waals surface area contributed by atoms with Gasteiger partial charge in [0, 0.05) is 0 Å². The SMILES string of the molecule is CCC1CC2OB(C(CC(C)C)NC(=O)CNC(=O)OC(C)(C)C)O[C@@]2(C)CC1(C)C. The molecule has 0 aromatic carbocycles. The van der Waals surface area contributed by atoms with Gasteiger partial charge < -0.3 is 24.7 Å². The highest BCUT2D eigenvalue weighted by Gasteiger charge is 2.57. The second-order valence-corrected chi connectivity index (χ2v) is 11.6. The summed E-state index contributed by atoms with van der Waals surface area (Å²) in [7, 11) is -0.491. The summed E-state index contributed by atoms with van der Waals surface area (Å²) in [5.74, 6) is 0.379. The van der Waals surface area contributed by atoms with Crippen LogP contribution in [-0.4, -0.2) is 48.9 Å². The molecule has 2 rings (SSSR count). The molecule has 0 spiro atoms. The lowest BCUT2D eigenvalue weighted by molar-refractivity contribution is -0.120. The van der Waals surface area contributed by atoms with Crippen molar-refractivity contribution in [3.63, 3.8) is 0 Å². The third-order valence-electron chi connectivity index (χ3n) is 6.46. The summed E-state index contributed by atoms with van der Waals surface area (Å²) in [5.41, 5.74) is -0.775. The quantitative estimate of drug-likeness (QED) is 0.585. The topological polar surface area (TPSA) is 85.9 Å². The number of hydrogen-bond donors (Lipinski definition) is 2. The van der Waals surface area contributed by atoms with Crippen molar-refractivity contribution in [2.24, 2.45) is 17.3 Å². The summed E-state index contributed by atoms with van der Waals surface area (Å²) in [6.07, 6.45) is 3.17. The Morgan fingerprint density at radius 1 is 1.23 bits per heavy atom. The zero-order valence-electron chi connectivity index (χ0n) is 21.0. The minimum Gasteiger partial charge on any atom is -0.444 e. The number of carbonyl (C=O) groups excluding carboxylic acids is 2. The van der Waals surface area contributed by atoms with Gasteiger partial charge in [0.15, 0.2) is 0 Å². The lowest BCUT2D eigenvalue weighted by Gasteiger charge is -2.48. The van der Waals surface area contributed by atoms with Gasteiger partial charge in [-0.25, -0.2) is 4.79 Å². The zero-order chi connectivity index (χ0) is 23.6. The maximum Gasteiger partial charge on any atom is 0.481 e. The van der Waals surface area contributed by atoms with Crippen LogP contribution in [0.2, 0.25) is 0 Å². The van der Waals surface area contributed by atoms with Crippen molar-refractivity contribution in [1.29, 1.82) is 0 Å². The Kier molecular flexibility index (Phi) is 8.12. The molecule has 2 N–H and O–H groups in total. The van der Waals surface area contributed by atoms with Crippen molar-refractivity contribution in [2.75, 3.05) is 6.54 Å². The standard InChI is InChI=1S/C23H43BN2O5/c1-10-16-12-17-23(9,14-22(16,7)8)31-24(30-17)18(11-15(2)3)26-19(27)13-25-20(28)29-21(4,5)6/h15-18H,10-14H2,1-9H3,(H,25,28)(H,26,27)/t16?,17?,18?,23-/m0/s1. The largest absolute Gasteiger partial charge is 0.481 e. The highest BCUT2D eigenvalue weighted by atomic mass is 16.7. The zero-order valence-corrected chi connectivity index (χ0v) is 21.0. The first-order valence-corrected chi connectivity index (χ1v) is 11.7. The molecule has 8 heteroatoms. The molecule has 1 aliphatic heterocycles. The summed E-state index contributed by atoms with van der Waals surface area (Å²) >= 11 is 0. The molecule has 178 valence electrons. The van der Waals surface area contributed by atoms with Crippen LogP contribution in [0.1, 0.15) is 88.0 Å². The predicted octanol–water partition coefficient (Wildman–Crippen LogP) is 4.09. The van der Waals surface area contributed by atoms with E-state index in [2.05, 4.69) is 52.2 Å². The van der Waals surface area contributed by atoms with Gasteiger partial charge in [-0.2, -0.15) is 0 Å². The number of amides is 2. The molecule has 2 amide bonds. The van der Waals surface area contributed by atoms with E-state index in [1.165, 1.54) is 0 Å². The molecule has 1 saturated carbocycles. The highest BCUT2D eigenvalue weighted by molar-refractivity contribution is 6.47. The number of fused-ring (bicyclic) bond motifs is 1. The maximum atomic E-state index is 12.6. The Morgan fingerprint density at radius 3 is 2.42 bits per heavy atom. The fourth-order valence-corrected chi connectivity index (χ4v) is 5.13. The Labute approximate surface area is 188 Å². The predicted molar refractivity (Wildman–Crippen MR) is 123 cm³/mol. The summed E-state index contributed by atoms with van der Waals surface area (Å²) < 4.78 is 18.1. The van der Waals surface area contributed by atoms with E-state index in [4.69, 9.17) is 14.0 Å². The van der Waals surface area contributed by atoms with Crippen LogP contribution < -0.4 is 10.6 Å². The van der Waals surface area contributed by atoms with E-state index in [0.717, 1.165) is 25.7 Å². The normalized spacial score (nSPS) is 28.8. The fourth-order valence-electron chi connectivity index (χ4n) is 5.13. The molecular formula is C23H43BN2O5. The van der Waals surface area contributed by atoms with E-state index >= 15 is 0 Å². The van der Waals surface area contributed by atoms with Gasteiger partial charge in [0.05, 0.1) is 24.2 Å². The molecule has 2 fully saturated rings. The first kappa shape index (κ1) is 26.0. The molecule has 0 bridgehead atoms. The first-order valence-electron chi connectivity index (χ1n) is 11.7. The molecule has 0 aromatic rings. The van der Waals surface area contributed by atoms with Gasteiger partial charge in [0.2, 0.25) is 5.91 Å². The molecule has 7 nitrogen and oxygen atoms in total. The van der Waals surface area contributed by atoms with Crippen molar-refractivity contribution in [3.05, 3.63) is 0 Å². The monoisotopic (exact) mass is 438 g/mol. The number of rotatable bonds is 7. The minimum absolute atomic E-state index is 0.0296. The smallest absolute Gasteiger partial charge is 0.444 e. The van der Waals surface area contributed by atoms with Crippen molar-refractivity contribution in [1.82, 2.24) is 10.6 Å². The van der Waals surface area contributed by atoms with Crippen molar-refractivity contribution in [2.45, 2.75) is 111 Å². The van der Waals surface area contributed by atoms with Crippen LogP contribution in [0.5, 0.6) is 0 Å². The van der Waals surface area contributed by atoms with Crippen LogP contribution in [0.25, 0.3) is 0 Å². The number of hydrogen-bond acceptors (Lipinski definition) is 5. The molecule has 2 aliphatic rings. The van der Waals surface area contributed by atoms with E-state index in [1.54, 1.807) is 20.8 Å². The third kappa shape index (κ3) is 7.11. The number of nitrogens with one attached hydrogen (secondary N) is 2. The molecule has 0 aromatic heterocycles. The van der Waals surface area contributed by atoms with Crippen LogP contribution in [-0.2, 0) is 18.8 Å². The Morgan fingerprint density at radius 2 is 1.87 bits per heavy atom. The van der Waals surface area contributed by atoms with E-state index in [9.17, 15) is 9.59 Å². The average molecular weight is 438 g/mol. The fraction of sp³-hybridized carbons (Fsp3) is 0.913.